The van der Waals surface area contributed by atoms with Crippen LogP contribution >= 0.6 is 0 Å². The second-order valence-corrected chi connectivity index (χ2v) is 8.05. The molecule has 1 aliphatic carbocycles. The van der Waals surface area contributed by atoms with Crippen LogP contribution in [0.4, 0.5) is 5.82 Å². The minimum absolute atomic E-state index is 0.158. The predicted octanol–water partition coefficient (Wildman–Crippen LogP) is 3.68. The Balaban J connectivity index is 2.08. The van der Waals surface area contributed by atoms with Crippen molar-refractivity contribution < 1.29 is 13.2 Å². The largest absolute Gasteiger partial charge is 0.298 e. The van der Waals surface area contributed by atoms with Crippen molar-refractivity contribution >= 4 is 21.6 Å². The molecule has 1 unspecified atom stereocenters. The molecule has 0 bridgehead atoms. The molecule has 23 heavy (non-hydrogen) atoms. The standard InChI is InChI=1S/C17H26N2O3S/c20-15-11-7-5-3-1-2-4-6-8-12-16(15)23(21,22)19-17-13-9-10-14-18-17/h9-10,13-14,16H,1-8,11-12H2,(H,18,19). The van der Waals surface area contributed by atoms with E-state index in [-0.39, 0.29) is 11.6 Å². The van der Waals surface area contributed by atoms with E-state index in [9.17, 15) is 13.2 Å². The van der Waals surface area contributed by atoms with Crippen molar-refractivity contribution in [2.75, 3.05) is 4.72 Å². The molecular formula is C17H26N2O3S. The van der Waals surface area contributed by atoms with Crippen LogP contribution in [0.1, 0.15) is 64.2 Å². The van der Waals surface area contributed by atoms with Crippen molar-refractivity contribution in [2.24, 2.45) is 0 Å². The van der Waals surface area contributed by atoms with Gasteiger partial charge in [0.25, 0.3) is 0 Å². The second-order valence-electron chi connectivity index (χ2n) is 6.18. The number of Topliss-reactive ketones (excluding diaryl/α,β-unsaturated/α-hetero) is 1. The number of rotatable bonds is 3. The number of sulfonamides is 1. The minimum atomic E-state index is -3.74. The monoisotopic (exact) mass is 338 g/mol. The fraction of sp³-hybridized carbons (Fsp3) is 0.647. The first kappa shape index (κ1) is 17.9. The van der Waals surface area contributed by atoms with E-state index in [1.54, 1.807) is 18.2 Å². The molecule has 6 heteroatoms. The van der Waals surface area contributed by atoms with Crippen molar-refractivity contribution in [3.8, 4) is 0 Å². The van der Waals surface area contributed by atoms with Crippen molar-refractivity contribution in [1.29, 1.82) is 0 Å². The first-order chi connectivity index (χ1) is 11.1. The number of pyridine rings is 1. The Labute approximate surface area is 138 Å². The first-order valence-electron chi connectivity index (χ1n) is 8.55. The first-order valence-corrected chi connectivity index (χ1v) is 10.1. The maximum absolute atomic E-state index is 12.6. The number of hydrogen-bond acceptors (Lipinski definition) is 4. The van der Waals surface area contributed by atoms with E-state index in [2.05, 4.69) is 9.71 Å². The average Bonchev–Trinajstić information content (AvgIpc) is 2.51. The number of anilines is 1. The molecule has 1 aromatic heterocycles. The Bertz CT molecular complexity index is 587. The summed E-state index contributed by atoms with van der Waals surface area (Å²) >= 11 is 0. The molecule has 1 N–H and O–H groups in total. The lowest BCUT2D eigenvalue weighted by molar-refractivity contribution is -0.118. The third-order valence-corrected chi connectivity index (χ3v) is 6.03. The highest BCUT2D eigenvalue weighted by Gasteiger charge is 2.31. The van der Waals surface area contributed by atoms with Crippen LogP contribution in [0.5, 0.6) is 0 Å². The number of ketones is 1. The zero-order chi connectivity index (χ0) is 16.5. The Kier molecular flexibility index (Phi) is 7.02. The third kappa shape index (κ3) is 5.94. The molecule has 2 rings (SSSR count). The van der Waals surface area contributed by atoms with Gasteiger partial charge in [-0.3, -0.25) is 9.52 Å². The molecule has 0 radical (unpaired) electrons. The fourth-order valence-corrected chi connectivity index (χ4v) is 4.48. The number of carbonyl (C=O) groups is 1. The van der Waals surface area contributed by atoms with Gasteiger partial charge in [-0.25, -0.2) is 13.4 Å². The summed E-state index contributed by atoms with van der Waals surface area (Å²) in [6, 6.07) is 5.03. The summed E-state index contributed by atoms with van der Waals surface area (Å²) in [5.41, 5.74) is 0. The maximum Gasteiger partial charge on any atom is 0.243 e. The van der Waals surface area contributed by atoms with Gasteiger partial charge in [0, 0.05) is 12.6 Å². The van der Waals surface area contributed by atoms with Gasteiger partial charge in [-0.05, 0) is 25.0 Å². The molecule has 1 aromatic rings. The van der Waals surface area contributed by atoms with Crippen LogP contribution in [-0.4, -0.2) is 24.4 Å². The maximum atomic E-state index is 12.6. The summed E-state index contributed by atoms with van der Waals surface area (Å²) < 4.78 is 27.7. The SMILES string of the molecule is O=C1CCCCCCCCCCC1S(=O)(=O)Nc1ccccn1. The van der Waals surface area contributed by atoms with E-state index in [1.165, 1.54) is 19.0 Å². The number of nitrogens with one attached hydrogen (secondary N) is 1. The average molecular weight is 338 g/mol. The molecule has 1 fully saturated rings. The molecule has 5 nitrogen and oxygen atoms in total. The van der Waals surface area contributed by atoms with E-state index in [0.29, 0.717) is 12.8 Å². The summed E-state index contributed by atoms with van der Waals surface area (Å²) in [6.07, 6.45) is 10.5. The van der Waals surface area contributed by atoms with Gasteiger partial charge in [0.15, 0.2) is 5.78 Å². The topological polar surface area (TPSA) is 76.1 Å². The van der Waals surface area contributed by atoms with Crippen LogP contribution in [-0.2, 0) is 14.8 Å². The van der Waals surface area contributed by atoms with E-state index < -0.39 is 15.3 Å². The Morgan fingerprint density at radius 2 is 1.61 bits per heavy atom. The molecule has 0 saturated heterocycles. The molecule has 0 aliphatic heterocycles. The van der Waals surface area contributed by atoms with Gasteiger partial charge < -0.3 is 0 Å². The van der Waals surface area contributed by atoms with Crippen molar-refractivity contribution in [3.05, 3.63) is 24.4 Å². The van der Waals surface area contributed by atoms with E-state index in [4.69, 9.17) is 0 Å². The highest BCUT2D eigenvalue weighted by atomic mass is 32.2. The molecule has 1 heterocycles. The van der Waals surface area contributed by atoms with Crippen LogP contribution < -0.4 is 4.72 Å². The molecule has 0 spiro atoms. The van der Waals surface area contributed by atoms with E-state index in [0.717, 1.165) is 38.5 Å². The van der Waals surface area contributed by atoms with Crippen molar-refractivity contribution in [3.63, 3.8) is 0 Å². The Morgan fingerprint density at radius 3 is 2.26 bits per heavy atom. The lowest BCUT2D eigenvalue weighted by Crippen LogP contribution is -2.35. The lowest BCUT2D eigenvalue weighted by Gasteiger charge is -2.18. The molecular weight excluding hydrogens is 312 g/mol. The molecule has 0 aromatic carbocycles. The van der Waals surface area contributed by atoms with E-state index >= 15 is 0 Å². The fourth-order valence-electron chi connectivity index (χ4n) is 2.98. The number of hydrogen-bond donors (Lipinski definition) is 1. The molecule has 0 amide bonds. The van der Waals surface area contributed by atoms with Crippen molar-refractivity contribution in [1.82, 2.24) is 4.98 Å². The highest BCUT2D eigenvalue weighted by Crippen LogP contribution is 2.20. The van der Waals surface area contributed by atoms with Crippen LogP contribution in [0, 0.1) is 0 Å². The molecule has 1 aliphatic rings. The Hall–Kier alpha value is -1.43. The summed E-state index contributed by atoms with van der Waals surface area (Å²) in [6.45, 7) is 0. The van der Waals surface area contributed by atoms with Gasteiger partial charge in [-0.2, -0.15) is 0 Å². The number of nitrogens with zero attached hydrogens (tertiary/aromatic N) is 1. The highest BCUT2D eigenvalue weighted by molar-refractivity contribution is 7.94. The quantitative estimate of drug-likeness (QED) is 0.912. The normalized spacial score (nSPS) is 21.9. The van der Waals surface area contributed by atoms with Gasteiger partial charge in [-0.15, -0.1) is 0 Å². The van der Waals surface area contributed by atoms with Gasteiger partial charge in [0.1, 0.15) is 11.1 Å². The lowest BCUT2D eigenvalue weighted by atomic mass is 10.0. The van der Waals surface area contributed by atoms with Crippen LogP contribution in [0.3, 0.4) is 0 Å². The van der Waals surface area contributed by atoms with Gasteiger partial charge in [-0.1, -0.05) is 51.0 Å². The second kappa shape index (κ2) is 9.01. The molecule has 1 atom stereocenters. The Morgan fingerprint density at radius 1 is 0.957 bits per heavy atom. The minimum Gasteiger partial charge on any atom is -0.298 e. The van der Waals surface area contributed by atoms with Crippen LogP contribution in [0.2, 0.25) is 0 Å². The number of aromatic nitrogens is 1. The smallest absolute Gasteiger partial charge is 0.243 e. The third-order valence-electron chi connectivity index (χ3n) is 4.28. The summed E-state index contributed by atoms with van der Waals surface area (Å²) in [5.74, 6) is 0.112. The van der Waals surface area contributed by atoms with Crippen LogP contribution in [0.25, 0.3) is 0 Å². The summed E-state index contributed by atoms with van der Waals surface area (Å²) in [4.78, 5) is 16.4. The van der Waals surface area contributed by atoms with Crippen molar-refractivity contribution in [2.45, 2.75) is 69.5 Å². The number of carbonyl (C=O) groups excluding carboxylic acids is 1. The summed E-state index contributed by atoms with van der Waals surface area (Å²) in [5, 5.41) is -0.955. The summed E-state index contributed by atoms with van der Waals surface area (Å²) in [7, 11) is -3.74. The van der Waals surface area contributed by atoms with Gasteiger partial charge >= 0.3 is 0 Å². The van der Waals surface area contributed by atoms with E-state index in [1.807, 2.05) is 0 Å². The molecule has 128 valence electrons. The zero-order valence-corrected chi connectivity index (χ0v) is 14.4. The molecule has 1 saturated carbocycles. The zero-order valence-electron chi connectivity index (χ0n) is 13.5. The van der Waals surface area contributed by atoms with Gasteiger partial charge in [0.2, 0.25) is 10.0 Å². The van der Waals surface area contributed by atoms with Gasteiger partial charge in [0.05, 0.1) is 0 Å². The van der Waals surface area contributed by atoms with Crippen LogP contribution in [0.15, 0.2) is 24.4 Å². The predicted molar refractivity (Wildman–Crippen MR) is 91.7 cm³/mol.